The summed E-state index contributed by atoms with van der Waals surface area (Å²) in [6.45, 7) is 2.91. The highest BCUT2D eigenvalue weighted by molar-refractivity contribution is 6.37. The summed E-state index contributed by atoms with van der Waals surface area (Å²) in [5.41, 5.74) is 4.52. The molecule has 3 aromatic rings. The van der Waals surface area contributed by atoms with Crippen molar-refractivity contribution in [2.75, 3.05) is 31.8 Å². The Morgan fingerprint density at radius 2 is 1.86 bits per heavy atom. The molecule has 1 saturated heterocycles. The summed E-state index contributed by atoms with van der Waals surface area (Å²) in [4.78, 5) is 30.2. The first-order valence-corrected chi connectivity index (χ1v) is 12.3. The van der Waals surface area contributed by atoms with Gasteiger partial charge in [0, 0.05) is 53.5 Å². The number of fused-ring (bicyclic) bond motifs is 5. The monoisotopic (exact) mass is 487 g/mol. The second-order valence-corrected chi connectivity index (χ2v) is 10.0. The van der Waals surface area contributed by atoms with Crippen LogP contribution >= 0.6 is 11.6 Å². The second kappa shape index (κ2) is 8.70. The van der Waals surface area contributed by atoms with E-state index >= 15 is 0 Å². The fourth-order valence-corrected chi connectivity index (χ4v) is 5.95. The zero-order valence-electron chi connectivity index (χ0n) is 19.5. The molecule has 6 rings (SSSR count). The number of hydrogen-bond donors (Lipinski definition) is 0. The van der Waals surface area contributed by atoms with Gasteiger partial charge in [0.2, 0.25) is 0 Å². The molecule has 2 atom stereocenters. The Balaban J connectivity index is 1.30. The zero-order valence-corrected chi connectivity index (χ0v) is 20.2. The third kappa shape index (κ3) is 3.97. The molecule has 3 aliphatic heterocycles. The van der Waals surface area contributed by atoms with Crippen molar-refractivity contribution < 1.29 is 9.53 Å². The first-order valence-electron chi connectivity index (χ1n) is 11.9. The maximum atomic E-state index is 13.7. The van der Waals surface area contributed by atoms with Crippen LogP contribution in [0.4, 0.5) is 5.69 Å². The van der Waals surface area contributed by atoms with Crippen LogP contribution in [0.25, 0.3) is 11.6 Å². The van der Waals surface area contributed by atoms with Gasteiger partial charge in [-0.25, -0.2) is 0 Å². The number of ether oxygens (including phenoxy) is 1. The largest absolute Gasteiger partial charge is 0.497 e. The number of halogens is 1. The van der Waals surface area contributed by atoms with Crippen LogP contribution in [-0.4, -0.2) is 42.2 Å². The topological polar surface area (TPSA) is 54.8 Å². The SMILES string of the molecule is COc1ccc(C=C2C(=O)N(CN3C[C@@H]4C[C@@H](C3)c3cccc(=O)n3C4)c3cc(Cl)ccc32)cc1. The Kier molecular flexibility index (Phi) is 5.50. The van der Waals surface area contributed by atoms with Crippen LogP contribution in [0.1, 0.15) is 29.2 Å². The molecule has 1 amide bonds. The molecule has 1 aromatic heterocycles. The van der Waals surface area contributed by atoms with E-state index in [2.05, 4.69) is 11.0 Å². The van der Waals surface area contributed by atoms with Gasteiger partial charge in [-0.05, 0) is 54.3 Å². The number of carbonyl (C=O) groups is 1. The molecule has 3 aliphatic rings. The van der Waals surface area contributed by atoms with Gasteiger partial charge < -0.3 is 9.30 Å². The predicted octanol–water partition coefficient (Wildman–Crippen LogP) is 4.47. The molecule has 7 heteroatoms. The molecule has 0 radical (unpaired) electrons. The molecular weight excluding hydrogens is 462 g/mol. The average molecular weight is 488 g/mol. The summed E-state index contributed by atoms with van der Waals surface area (Å²) in [6, 6.07) is 18.9. The zero-order chi connectivity index (χ0) is 24.1. The number of pyridine rings is 1. The summed E-state index contributed by atoms with van der Waals surface area (Å²) in [6.07, 6.45) is 3.01. The van der Waals surface area contributed by atoms with Crippen molar-refractivity contribution in [2.24, 2.45) is 5.92 Å². The standard InChI is InChI=1S/C28H26ClN3O3/c1-35-22-8-5-18(6-9-22)12-24-23-10-7-21(29)13-26(23)32(28(24)34)17-30-14-19-11-20(16-30)25-3-2-4-27(33)31(25)15-19/h2-10,12-13,19-20H,11,14-17H2,1H3/t19-,20-/m0/s1. The lowest BCUT2D eigenvalue weighted by Gasteiger charge is -2.43. The quantitative estimate of drug-likeness (QED) is 0.509. The highest BCUT2D eigenvalue weighted by Gasteiger charge is 2.38. The number of likely N-dealkylation sites (tertiary alicyclic amines) is 1. The van der Waals surface area contributed by atoms with Crippen molar-refractivity contribution >= 4 is 34.8 Å². The van der Waals surface area contributed by atoms with E-state index < -0.39 is 0 Å². The molecule has 6 nitrogen and oxygen atoms in total. The van der Waals surface area contributed by atoms with E-state index in [0.29, 0.717) is 29.1 Å². The van der Waals surface area contributed by atoms with Crippen molar-refractivity contribution in [1.29, 1.82) is 0 Å². The lowest BCUT2D eigenvalue weighted by atomic mass is 9.83. The fourth-order valence-electron chi connectivity index (χ4n) is 5.78. The number of hydrogen-bond acceptors (Lipinski definition) is 4. The van der Waals surface area contributed by atoms with Crippen molar-refractivity contribution in [2.45, 2.75) is 18.9 Å². The van der Waals surface area contributed by atoms with Gasteiger partial charge in [-0.15, -0.1) is 0 Å². The highest BCUT2D eigenvalue weighted by atomic mass is 35.5. The van der Waals surface area contributed by atoms with Gasteiger partial charge >= 0.3 is 0 Å². The number of amides is 1. The molecule has 2 aromatic carbocycles. The van der Waals surface area contributed by atoms with Gasteiger partial charge in [0.15, 0.2) is 0 Å². The van der Waals surface area contributed by atoms with E-state index in [1.807, 2.05) is 64.1 Å². The lowest BCUT2D eigenvalue weighted by molar-refractivity contribution is -0.113. The number of anilines is 1. The molecule has 0 N–H and O–H groups in total. The average Bonchev–Trinajstić information content (AvgIpc) is 3.10. The number of nitrogens with zero attached hydrogens (tertiary/aromatic N) is 3. The smallest absolute Gasteiger partial charge is 0.260 e. The summed E-state index contributed by atoms with van der Waals surface area (Å²) >= 11 is 6.35. The molecule has 0 unspecified atom stereocenters. The first-order chi connectivity index (χ1) is 17.0. The van der Waals surface area contributed by atoms with E-state index in [9.17, 15) is 9.59 Å². The van der Waals surface area contributed by atoms with E-state index in [0.717, 1.165) is 54.3 Å². The highest BCUT2D eigenvalue weighted by Crippen LogP contribution is 2.41. The van der Waals surface area contributed by atoms with E-state index in [1.165, 1.54) is 0 Å². The van der Waals surface area contributed by atoms with Crippen molar-refractivity contribution in [3.63, 3.8) is 0 Å². The minimum Gasteiger partial charge on any atom is -0.497 e. The fraction of sp³-hybridized carbons (Fsp3) is 0.286. The molecule has 35 heavy (non-hydrogen) atoms. The summed E-state index contributed by atoms with van der Waals surface area (Å²) in [7, 11) is 1.64. The Labute approximate surface area is 209 Å². The van der Waals surface area contributed by atoms with Crippen LogP contribution in [0.15, 0.2) is 65.5 Å². The van der Waals surface area contributed by atoms with Crippen molar-refractivity contribution in [3.05, 3.63) is 92.9 Å². The van der Waals surface area contributed by atoms with Crippen molar-refractivity contribution in [1.82, 2.24) is 9.47 Å². The molecule has 178 valence electrons. The molecule has 0 saturated carbocycles. The third-order valence-corrected chi connectivity index (χ3v) is 7.58. The van der Waals surface area contributed by atoms with Gasteiger partial charge in [-0.2, -0.15) is 0 Å². The van der Waals surface area contributed by atoms with Crippen LogP contribution in [0, 0.1) is 5.92 Å². The van der Waals surface area contributed by atoms with Gasteiger partial charge in [-0.1, -0.05) is 35.9 Å². The van der Waals surface area contributed by atoms with Crippen LogP contribution in [-0.2, 0) is 11.3 Å². The summed E-state index contributed by atoms with van der Waals surface area (Å²) in [5.74, 6) is 1.44. The van der Waals surface area contributed by atoms with Gasteiger partial charge in [0.05, 0.1) is 19.5 Å². The first kappa shape index (κ1) is 22.1. The molecule has 4 heterocycles. The Morgan fingerprint density at radius 1 is 1.03 bits per heavy atom. The second-order valence-electron chi connectivity index (χ2n) is 9.60. The number of methoxy groups -OCH3 is 1. The minimum atomic E-state index is -0.0227. The van der Waals surface area contributed by atoms with E-state index in [1.54, 1.807) is 13.2 Å². The number of aromatic nitrogens is 1. The van der Waals surface area contributed by atoms with Crippen LogP contribution < -0.4 is 15.2 Å². The van der Waals surface area contributed by atoms with Gasteiger partial charge in [0.1, 0.15) is 5.75 Å². The van der Waals surface area contributed by atoms with E-state index in [4.69, 9.17) is 16.3 Å². The summed E-state index contributed by atoms with van der Waals surface area (Å²) in [5, 5.41) is 0.607. The van der Waals surface area contributed by atoms with Crippen LogP contribution in [0.5, 0.6) is 5.75 Å². The van der Waals surface area contributed by atoms with Gasteiger partial charge in [-0.3, -0.25) is 19.4 Å². The predicted molar refractivity (Wildman–Crippen MR) is 138 cm³/mol. The Bertz CT molecular complexity index is 1400. The lowest BCUT2D eigenvalue weighted by Crippen LogP contribution is -2.50. The molecule has 0 aliphatic carbocycles. The molecular formula is C28H26ClN3O3. The maximum absolute atomic E-state index is 13.7. The minimum absolute atomic E-state index is 0.0227. The summed E-state index contributed by atoms with van der Waals surface area (Å²) < 4.78 is 7.19. The number of rotatable bonds is 4. The number of benzene rings is 2. The normalized spacial score (nSPS) is 22.3. The third-order valence-electron chi connectivity index (χ3n) is 7.34. The number of carbonyl (C=O) groups excluding carboxylic acids is 1. The molecule has 0 spiro atoms. The van der Waals surface area contributed by atoms with Crippen LogP contribution in [0.2, 0.25) is 5.02 Å². The Morgan fingerprint density at radius 3 is 2.66 bits per heavy atom. The van der Waals surface area contributed by atoms with Crippen LogP contribution in [0.3, 0.4) is 0 Å². The molecule has 1 fully saturated rings. The van der Waals surface area contributed by atoms with Crippen molar-refractivity contribution in [3.8, 4) is 5.75 Å². The van der Waals surface area contributed by atoms with E-state index in [-0.39, 0.29) is 11.5 Å². The molecule has 2 bridgehead atoms. The maximum Gasteiger partial charge on any atom is 0.260 e. The Hall–Kier alpha value is -3.35. The number of piperidine rings is 1. The van der Waals surface area contributed by atoms with Gasteiger partial charge in [0.25, 0.3) is 11.5 Å².